The van der Waals surface area contributed by atoms with E-state index >= 15 is 0 Å². The molecule has 4 N–H and O–H groups in total. The zero-order valence-electron chi connectivity index (χ0n) is 16.3. The van der Waals surface area contributed by atoms with Crippen LogP contribution in [0, 0.1) is 0 Å². The number of ether oxygens (including phenoxy) is 1. The van der Waals surface area contributed by atoms with Crippen LogP contribution < -0.4 is 10.1 Å². The molecule has 12 heteroatoms. The first kappa shape index (κ1) is 21.7. The molecular weight excluding hydrogens is 444 g/mol. The van der Waals surface area contributed by atoms with Crippen molar-refractivity contribution in [1.29, 1.82) is 0 Å². The number of thiazole rings is 1. The molecule has 0 fully saturated rings. The van der Waals surface area contributed by atoms with Crippen LogP contribution in [0.25, 0.3) is 22.4 Å². The van der Waals surface area contributed by atoms with Gasteiger partial charge in [-0.25, -0.2) is 18.7 Å². The molecule has 1 aromatic carbocycles. The fourth-order valence-corrected chi connectivity index (χ4v) is 3.47. The normalized spacial score (nSPS) is 12.3. The topological polar surface area (TPSA) is 133 Å². The van der Waals surface area contributed by atoms with Crippen LogP contribution in [0.5, 0.6) is 5.75 Å². The van der Waals surface area contributed by atoms with Crippen LogP contribution in [0.4, 0.5) is 13.9 Å². The molecule has 1 atom stereocenters. The minimum atomic E-state index is -2.84. The molecule has 1 amide bonds. The molecule has 0 aliphatic rings. The van der Waals surface area contributed by atoms with Gasteiger partial charge in [-0.3, -0.25) is 15.1 Å². The number of carbonyl (C=O) groups is 1. The summed E-state index contributed by atoms with van der Waals surface area (Å²) >= 11 is 1.25. The molecule has 4 rings (SSSR count). The van der Waals surface area contributed by atoms with Crippen molar-refractivity contribution in [2.45, 2.75) is 12.5 Å². The van der Waals surface area contributed by atoms with Gasteiger partial charge in [0.05, 0.1) is 23.9 Å². The highest BCUT2D eigenvalue weighted by atomic mass is 32.1. The summed E-state index contributed by atoms with van der Waals surface area (Å²) in [4.78, 5) is 28.0. The van der Waals surface area contributed by atoms with Crippen LogP contribution in [0.2, 0.25) is 0 Å². The number of carbonyl (C=O) groups excluding carboxylic acids is 1. The number of nitrogens with zero attached hydrogens (tertiary/aromatic N) is 3. The quantitative estimate of drug-likeness (QED) is 0.317. The lowest BCUT2D eigenvalue weighted by atomic mass is 10.1. The number of aromatic nitrogens is 4. The second-order valence-corrected chi connectivity index (χ2v) is 7.55. The van der Waals surface area contributed by atoms with Gasteiger partial charge in [-0.2, -0.15) is 0 Å². The van der Waals surface area contributed by atoms with E-state index in [1.165, 1.54) is 35.9 Å². The summed E-state index contributed by atoms with van der Waals surface area (Å²) in [6.07, 6.45) is 0.377. The van der Waals surface area contributed by atoms with E-state index in [0.717, 1.165) is 6.07 Å². The average molecular weight is 461 g/mol. The Bertz CT molecular complexity index is 1230. The average Bonchev–Trinajstić information content (AvgIpc) is 3.46. The predicted octanol–water partition coefficient (Wildman–Crippen LogP) is 3.00. The lowest BCUT2D eigenvalue weighted by Crippen LogP contribution is -2.21. The van der Waals surface area contributed by atoms with E-state index in [0.29, 0.717) is 10.6 Å². The fourth-order valence-electron chi connectivity index (χ4n) is 2.95. The highest BCUT2D eigenvalue weighted by Crippen LogP contribution is 2.34. The van der Waals surface area contributed by atoms with Crippen LogP contribution in [-0.2, 0) is 0 Å². The van der Waals surface area contributed by atoms with Crippen molar-refractivity contribution in [3.63, 3.8) is 0 Å². The second kappa shape index (κ2) is 9.34. The number of benzene rings is 1. The van der Waals surface area contributed by atoms with Gasteiger partial charge in [-0.1, -0.05) is 0 Å². The molecule has 4 aromatic rings. The molecule has 9 nitrogen and oxygen atoms in total. The first-order valence-corrected chi connectivity index (χ1v) is 10.2. The number of fused-ring (bicyclic) bond motifs is 1. The molecule has 0 saturated carbocycles. The van der Waals surface area contributed by atoms with E-state index in [-0.39, 0.29) is 40.4 Å². The Morgan fingerprint density at radius 1 is 1.31 bits per heavy atom. The van der Waals surface area contributed by atoms with Gasteiger partial charge in [0, 0.05) is 28.9 Å². The van der Waals surface area contributed by atoms with Gasteiger partial charge in [0.25, 0.3) is 12.3 Å². The van der Waals surface area contributed by atoms with Crippen LogP contribution >= 0.6 is 11.3 Å². The number of amides is 1. The highest BCUT2D eigenvalue weighted by Gasteiger charge is 2.21. The molecule has 0 aliphatic carbocycles. The van der Waals surface area contributed by atoms with Crippen LogP contribution in [0.3, 0.4) is 0 Å². The van der Waals surface area contributed by atoms with Crippen LogP contribution in [-0.4, -0.2) is 55.4 Å². The van der Waals surface area contributed by atoms with Gasteiger partial charge in [0.1, 0.15) is 29.8 Å². The van der Waals surface area contributed by atoms with E-state index in [4.69, 9.17) is 9.84 Å². The number of halogens is 2. The summed E-state index contributed by atoms with van der Waals surface area (Å²) in [5.74, 6) is -0.234. The van der Waals surface area contributed by atoms with E-state index in [9.17, 15) is 18.7 Å². The standard InChI is InChI=1S/C20H17F2N5O4S/c21-17(22)13-5-11(31-9-10(29)8-28)1-2-12(13)18-25-15-7-23-6-14(16(15)26-18)19(30)27-20-24-3-4-32-20/h1-7,10,17,28-29H,8-9H2,(H,25,26)(H,24,27,30)/t10-/m1/s1. The molecule has 3 heterocycles. The number of alkyl halides is 2. The number of aliphatic hydroxyl groups excluding tert-OH is 2. The Balaban J connectivity index is 1.68. The monoisotopic (exact) mass is 461 g/mol. The van der Waals surface area contributed by atoms with Crippen molar-refractivity contribution in [2.75, 3.05) is 18.5 Å². The van der Waals surface area contributed by atoms with Crippen molar-refractivity contribution in [1.82, 2.24) is 19.9 Å². The number of aliphatic hydroxyl groups is 2. The van der Waals surface area contributed by atoms with Crippen LogP contribution in [0.15, 0.2) is 42.2 Å². The zero-order valence-corrected chi connectivity index (χ0v) is 17.1. The zero-order chi connectivity index (χ0) is 22.7. The second-order valence-electron chi connectivity index (χ2n) is 6.66. The largest absolute Gasteiger partial charge is 0.491 e. The maximum Gasteiger partial charge on any atom is 0.264 e. The summed E-state index contributed by atoms with van der Waals surface area (Å²) in [6, 6.07) is 4.00. The lowest BCUT2D eigenvalue weighted by Gasteiger charge is -2.13. The molecular formula is C20H17F2N5O4S. The first-order chi connectivity index (χ1) is 15.5. The Hall–Kier alpha value is -3.48. The number of pyridine rings is 1. The molecule has 0 saturated heterocycles. The Labute approximate surface area is 183 Å². The van der Waals surface area contributed by atoms with E-state index < -0.39 is 25.0 Å². The molecule has 166 valence electrons. The molecule has 0 radical (unpaired) electrons. The van der Waals surface area contributed by atoms with Crippen molar-refractivity contribution >= 4 is 33.4 Å². The first-order valence-electron chi connectivity index (χ1n) is 9.35. The summed E-state index contributed by atoms with van der Waals surface area (Å²) in [6.45, 7) is -0.752. The molecule has 0 bridgehead atoms. The van der Waals surface area contributed by atoms with Gasteiger partial charge >= 0.3 is 0 Å². The number of nitrogens with one attached hydrogen (secondary N) is 2. The minimum absolute atomic E-state index is 0.109. The van der Waals surface area contributed by atoms with Gasteiger partial charge in [0.2, 0.25) is 0 Å². The summed E-state index contributed by atoms with van der Waals surface area (Å²) in [5, 5.41) is 23.0. The maximum absolute atomic E-state index is 13.8. The predicted molar refractivity (Wildman–Crippen MR) is 113 cm³/mol. The van der Waals surface area contributed by atoms with Crippen molar-refractivity contribution in [3.05, 3.63) is 53.3 Å². The number of H-pyrrole nitrogens is 1. The fraction of sp³-hybridized carbons (Fsp3) is 0.200. The SMILES string of the molecule is O=C(Nc1nccs1)c1cncc2[nH]c(-c3ccc(OC[C@H](O)CO)cc3C(F)F)nc12. The number of imidazole rings is 1. The Kier molecular flexibility index (Phi) is 6.35. The third-order valence-corrected chi connectivity index (χ3v) is 5.15. The van der Waals surface area contributed by atoms with Crippen molar-refractivity contribution in [2.24, 2.45) is 0 Å². The van der Waals surface area contributed by atoms with Crippen molar-refractivity contribution < 1.29 is 28.5 Å². The molecule has 3 aromatic heterocycles. The minimum Gasteiger partial charge on any atom is -0.491 e. The highest BCUT2D eigenvalue weighted by molar-refractivity contribution is 7.13. The lowest BCUT2D eigenvalue weighted by molar-refractivity contribution is 0.0534. The molecule has 0 aliphatic heterocycles. The van der Waals surface area contributed by atoms with Crippen LogP contribution in [0.1, 0.15) is 22.3 Å². The van der Waals surface area contributed by atoms with E-state index in [1.54, 1.807) is 11.6 Å². The summed E-state index contributed by atoms with van der Waals surface area (Å²) in [5.41, 5.74) is 0.616. The van der Waals surface area contributed by atoms with Crippen molar-refractivity contribution in [3.8, 4) is 17.1 Å². The summed E-state index contributed by atoms with van der Waals surface area (Å²) < 4.78 is 32.8. The van der Waals surface area contributed by atoms with E-state index in [2.05, 4.69) is 25.3 Å². The number of rotatable bonds is 8. The smallest absolute Gasteiger partial charge is 0.264 e. The Morgan fingerprint density at radius 2 is 2.16 bits per heavy atom. The van der Waals surface area contributed by atoms with Gasteiger partial charge in [-0.15, -0.1) is 11.3 Å². The van der Waals surface area contributed by atoms with Gasteiger partial charge in [-0.05, 0) is 18.2 Å². The summed E-state index contributed by atoms with van der Waals surface area (Å²) in [7, 11) is 0. The number of hydrogen-bond acceptors (Lipinski definition) is 8. The Morgan fingerprint density at radius 3 is 2.88 bits per heavy atom. The number of hydrogen-bond donors (Lipinski definition) is 4. The molecule has 32 heavy (non-hydrogen) atoms. The molecule has 0 spiro atoms. The molecule has 0 unspecified atom stereocenters. The third-order valence-electron chi connectivity index (χ3n) is 4.46. The van der Waals surface area contributed by atoms with Gasteiger partial charge < -0.3 is 19.9 Å². The number of aromatic amines is 1. The van der Waals surface area contributed by atoms with Gasteiger partial charge in [0.15, 0.2) is 5.13 Å². The third kappa shape index (κ3) is 4.56. The van der Waals surface area contributed by atoms with E-state index in [1.807, 2.05) is 0 Å². The number of anilines is 1. The maximum atomic E-state index is 13.8.